The summed E-state index contributed by atoms with van der Waals surface area (Å²) in [6.07, 6.45) is 2.64. The largest absolute Gasteiger partial charge is 0.468 e. The van der Waals surface area contributed by atoms with Gasteiger partial charge in [-0.25, -0.2) is 0 Å². The van der Waals surface area contributed by atoms with Crippen LogP contribution < -0.4 is 4.90 Å². The van der Waals surface area contributed by atoms with Gasteiger partial charge in [-0.15, -0.1) is 0 Å². The highest BCUT2D eigenvalue weighted by Gasteiger charge is 2.38. The molecule has 1 atom stereocenters. The summed E-state index contributed by atoms with van der Waals surface area (Å²) in [4.78, 5) is 39.7. The number of anilines is 1. The Hall–Kier alpha value is -1.99. The fraction of sp³-hybridized carbons (Fsp3) is 0.476. The maximum Gasteiger partial charge on any atom is 0.325 e. The molecule has 1 fully saturated rings. The molecule has 2 heterocycles. The number of rotatable bonds is 4. The van der Waals surface area contributed by atoms with Gasteiger partial charge >= 0.3 is 5.97 Å². The zero-order valence-corrected chi connectivity index (χ0v) is 18.8. The Bertz CT molecular complexity index is 912. The highest BCUT2D eigenvalue weighted by molar-refractivity contribution is 8.18. The van der Waals surface area contributed by atoms with E-state index in [0.717, 1.165) is 35.3 Å². The first kappa shape index (κ1) is 21.7. The van der Waals surface area contributed by atoms with Crippen LogP contribution in [0.15, 0.2) is 17.0 Å². The van der Waals surface area contributed by atoms with Crippen LogP contribution in [0.5, 0.6) is 0 Å². The smallest absolute Gasteiger partial charge is 0.325 e. The van der Waals surface area contributed by atoms with Gasteiger partial charge in [-0.05, 0) is 74.2 Å². The van der Waals surface area contributed by atoms with E-state index in [2.05, 4.69) is 37.3 Å². The fourth-order valence-electron chi connectivity index (χ4n) is 4.20. The second-order valence-corrected chi connectivity index (χ2v) is 9.34. The Morgan fingerprint density at radius 3 is 2.69 bits per heavy atom. The van der Waals surface area contributed by atoms with Crippen LogP contribution >= 0.6 is 23.4 Å². The first-order valence-electron chi connectivity index (χ1n) is 9.52. The Morgan fingerprint density at radius 2 is 2.07 bits per heavy atom. The van der Waals surface area contributed by atoms with E-state index in [1.54, 1.807) is 6.08 Å². The van der Waals surface area contributed by atoms with Crippen molar-refractivity contribution in [3.8, 4) is 0 Å². The van der Waals surface area contributed by atoms with Crippen molar-refractivity contribution in [1.29, 1.82) is 0 Å². The Morgan fingerprint density at radius 1 is 1.38 bits per heavy atom. The molecule has 1 saturated heterocycles. The molecule has 2 aliphatic heterocycles. The standard InChI is InChI=1S/C21H25ClN2O4S/c1-6-24-16-9-15(22)13(7-14(16)12(2)10-21(24,3)4)8-17-19(26)23(20(27)29-17)11-18(25)28-5/h7-9,12H,6,10-11H2,1-5H3/b17-8-. The van der Waals surface area contributed by atoms with Crippen molar-refractivity contribution in [2.45, 2.75) is 45.6 Å². The summed E-state index contributed by atoms with van der Waals surface area (Å²) in [5, 5.41) is 0.0277. The zero-order valence-electron chi connectivity index (χ0n) is 17.2. The lowest BCUT2D eigenvalue weighted by Crippen LogP contribution is -2.48. The molecule has 0 aliphatic carbocycles. The summed E-state index contributed by atoms with van der Waals surface area (Å²) in [6.45, 7) is 9.25. The number of imide groups is 1. The SMILES string of the molecule is CCN1c2cc(Cl)c(/C=C3\SC(=O)N(CC(=O)OC)C3=O)cc2C(C)CC1(C)C. The summed E-state index contributed by atoms with van der Waals surface area (Å²) < 4.78 is 4.55. The summed E-state index contributed by atoms with van der Waals surface area (Å²) in [5.74, 6) is -0.818. The molecule has 1 aromatic rings. The Kier molecular flexibility index (Phi) is 6.01. The number of hydrogen-bond donors (Lipinski definition) is 0. The summed E-state index contributed by atoms with van der Waals surface area (Å²) in [5.41, 5.74) is 3.01. The number of ether oxygens (including phenoxy) is 1. The number of halogens is 1. The second-order valence-electron chi connectivity index (χ2n) is 7.94. The minimum absolute atomic E-state index is 0.0303. The molecule has 6 nitrogen and oxygen atoms in total. The van der Waals surface area contributed by atoms with Crippen molar-refractivity contribution in [3.05, 3.63) is 33.2 Å². The van der Waals surface area contributed by atoms with Gasteiger partial charge in [-0.3, -0.25) is 19.3 Å². The minimum Gasteiger partial charge on any atom is -0.468 e. The van der Waals surface area contributed by atoms with Gasteiger partial charge in [0.15, 0.2) is 0 Å². The van der Waals surface area contributed by atoms with Crippen molar-refractivity contribution in [2.24, 2.45) is 0 Å². The van der Waals surface area contributed by atoms with Gasteiger partial charge in [0.25, 0.3) is 11.1 Å². The first-order chi connectivity index (χ1) is 13.6. The summed E-state index contributed by atoms with van der Waals surface area (Å²) in [7, 11) is 1.21. The molecule has 0 bridgehead atoms. The van der Waals surface area contributed by atoms with E-state index in [9.17, 15) is 14.4 Å². The molecule has 2 amide bonds. The zero-order chi connectivity index (χ0) is 21.5. The van der Waals surface area contributed by atoms with Gasteiger partial charge in [0, 0.05) is 22.8 Å². The van der Waals surface area contributed by atoms with Crippen LogP contribution in [-0.4, -0.2) is 47.8 Å². The van der Waals surface area contributed by atoms with E-state index in [1.165, 1.54) is 12.7 Å². The highest BCUT2D eigenvalue weighted by atomic mass is 35.5. The number of thioether (sulfide) groups is 1. The quantitative estimate of drug-likeness (QED) is 0.505. The number of methoxy groups -OCH3 is 1. The Balaban J connectivity index is 1.97. The summed E-state index contributed by atoms with van der Waals surface area (Å²) >= 11 is 7.37. The van der Waals surface area contributed by atoms with E-state index < -0.39 is 23.7 Å². The maximum atomic E-state index is 12.6. The van der Waals surface area contributed by atoms with Crippen molar-refractivity contribution < 1.29 is 19.1 Å². The molecule has 0 spiro atoms. The van der Waals surface area contributed by atoms with Crippen molar-refractivity contribution >= 4 is 52.2 Å². The molecule has 1 unspecified atom stereocenters. The van der Waals surface area contributed by atoms with E-state index >= 15 is 0 Å². The number of carbonyl (C=O) groups excluding carboxylic acids is 3. The number of benzene rings is 1. The molecule has 8 heteroatoms. The van der Waals surface area contributed by atoms with E-state index in [4.69, 9.17) is 11.6 Å². The van der Waals surface area contributed by atoms with Gasteiger partial charge in [-0.1, -0.05) is 18.5 Å². The van der Waals surface area contributed by atoms with Gasteiger partial charge in [0.1, 0.15) is 6.54 Å². The van der Waals surface area contributed by atoms with Gasteiger partial charge < -0.3 is 9.64 Å². The highest BCUT2D eigenvalue weighted by Crippen LogP contribution is 2.45. The number of nitrogens with zero attached hydrogens (tertiary/aromatic N) is 2. The molecule has 0 aromatic heterocycles. The first-order valence-corrected chi connectivity index (χ1v) is 10.7. The second kappa shape index (κ2) is 8.03. The van der Waals surface area contributed by atoms with Gasteiger partial charge in [0.05, 0.1) is 12.0 Å². The van der Waals surface area contributed by atoms with Crippen LogP contribution in [0.4, 0.5) is 10.5 Å². The number of fused-ring (bicyclic) bond motifs is 1. The van der Waals surface area contributed by atoms with Crippen molar-refractivity contribution in [2.75, 3.05) is 25.1 Å². The average molecular weight is 437 g/mol. The summed E-state index contributed by atoms with van der Waals surface area (Å²) in [6, 6.07) is 3.96. The third-order valence-corrected chi connectivity index (χ3v) is 6.73. The van der Waals surface area contributed by atoms with Gasteiger partial charge in [-0.2, -0.15) is 0 Å². The lowest BCUT2D eigenvalue weighted by molar-refractivity contribution is -0.143. The predicted octanol–water partition coefficient (Wildman–Crippen LogP) is 4.66. The maximum absolute atomic E-state index is 12.6. The minimum atomic E-state index is -0.642. The van der Waals surface area contributed by atoms with Crippen LogP contribution in [0.1, 0.15) is 51.2 Å². The number of amides is 2. The number of carbonyl (C=O) groups is 3. The van der Waals surface area contributed by atoms with Crippen LogP contribution in [0.2, 0.25) is 5.02 Å². The van der Waals surface area contributed by atoms with Crippen molar-refractivity contribution in [1.82, 2.24) is 4.90 Å². The molecule has 3 rings (SSSR count). The van der Waals surface area contributed by atoms with Crippen LogP contribution in [0.3, 0.4) is 0 Å². The fourth-order valence-corrected chi connectivity index (χ4v) is 5.24. The topological polar surface area (TPSA) is 66.9 Å². The average Bonchev–Trinajstić information content (AvgIpc) is 2.90. The normalized spacial score (nSPS) is 22.3. The Labute approximate surface area is 180 Å². The molecular formula is C21H25ClN2O4S. The molecule has 0 saturated carbocycles. The van der Waals surface area contributed by atoms with E-state index in [1.807, 2.05) is 12.1 Å². The number of hydrogen-bond acceptors (Lipinski definition) is 6. The third-order valence-electron chi connectivity index (χ3n) is 5.50. The van der Waals surface area contributed by atoms with Crippen LogP contribution in [0.25, 0.3) is 6.08 Å². The van der Waals surface area contributed by atoms with Gasteiger partial charge in [0.2, 0.25) is 0 Å². The van der Waals surface area contributed by atoms with E-state index in [0.29, 0.717) is 16.5 Å². The molecule has 1 aromatic carbocycles. The van der Waals surface area contributed by atoms with Crippen LogP contribution in [0, 0.1) is 0 Å². The number of esters is 1. The third kappa shape index (κ3) is 4.03. The lowest BCUT2D eigenvalue weighted by atomic mass is 9.79. The molecular weight excluding hydrogens is 412 g/mol. The van der Waals surface area contributed by atoms with E-state index in [-0.39, 0.29) is 10.4 Å². The van der Waals surface area contributed by atoms with Crippen molar-refractivity contribution in [3.63, 3.8) is 0 Å². The molecule has 29 heavy (non-hydrogen) atoms. The monoisotopic (exact) mass is 436 g/mol. The molecule has 0 radical (unpaired) electrons. The molecule has 156 valence electrons. The molecule has 2 aliphatic rings. The molecule has 0 N–H and O–H groups in total. The van der Waals surface area contributed by atoms with Crippen LogP contribution in [-0.2, 0) is 14.3 Å². The predicted molar refractivity (Wildman–Crippen MR) is 116 cm³/mol. The lowest BCUT2D eigenvalue weighted by Gasteiger charge is -2.47.